The molecule has 4 heteroatoms. The molecule has 0 aliphatic rings. The topological polar surface area (TPSA) is 54.3 Å². The van der Waals surface area contributed by atoms with Gasteiger partial charge in [0, 0.05) is 36.1 Å². The van der Waals surface area contributed by atoms with E-state index in [0.717, 1.165) is 28.5 Å². The molecule has 1 heterocycles. The maximum Gasteiger partial charge on any atom is 0.352 e. The number of aryl methyl sites for hydroxylation is 3. The van der Waals surface area contributed by atoms with Crippen LogP contribution in [0, 0.1) is 6.92 Å². The summed E-state index contributed by atoms with van der Waals surface area (Å²) in [4.78, 5) is 11.9. The van der Waals surface area contributed by atoms with Crippen LogP contribution >= 0.6 is 0 Å². The molecule has 0 unspecified atom stereocenters. The van der Waals surface area contributed by atoms with Crippen molar-refractivity contribution in [2.75, 3.05) is 0 Å². The molecule has 0 amide bonds. The van der Waals surface area contributed by atoms with Gasteiger partial charge in [-0.15, -0.1) is 0 Å². The zero-order valence-electron chi connectivity index (χ0n) is 15.7. The molecule has 2 N–H and O–H groups in total. The lowest BCUT2D eigenvalue weighted by atomic mass is 10.1. The third-order valence-electron chi connectivity index (χ3n) is 4.91. The second-order valence-corrected chi connectivity index (χ2v) is 6.67. The van der Waals surface area contributed by atoms with Crippen LogP contribution < -0.4 is 5.32 Å². The first-order chi connectivity index (χ1) is 12.5. The number of nitrogens with zero attached hydrogens (tertiary/aromatic N) is 1. The van der Waals surface area contributed by atoms with Gasteiger partial charge in [-0.3, -0.25) is 0 Å². The Morgan fingerprint density at radius 3 is 2.35 bits per heavy atom. The molecule has 0 bridgehead atoms. The fraction of sp³-hybridized carbons (Fsp3) is 0.318. The van der Waals surface area contributed by atoms with E-state index in [2.05, 4.69) is 42.6 Å². The average molecular weight is 350 g/mol. The summed E-state index contributed by atoms with van der Waals surface area (Å²) >= 11 is 0. The van der Waals surface area contributed by atoms with E-state index in [4.69, 9.17) is 0 Å². The summed E-state index contributed by atoms with van der Waals surface area (Å²) in [6.45, 7) is 8.05. The summed E-state index contributed by atoms with van der Waals surface area (Å²) in [7, 11) is 0. The monoisotopic (exact) mass is 350 g/mol. The van der Waals surface area contributed by atoms with Gasteiger partial charge in [0.1, 0.15) is 5.69 Å². The predicted molar refractivity (Wildman–Crippen MR) is 106 cm³/mol. The molecule has 1 aromatic heterocycles. The SMILES string of the molecule is CCc1ccc(CNCc2c(C(=O)O)n(CC)c3cc(C)ccc23)cc1. The number of hydrogen-bond donors (Lipinski definition) is 2. The summed E-state index contributed by atoms with van der Waals surface area (Å²) in [6.07, 6.45) is 1.03. The first-order valence-electron chi connectivity index (χ1n) is 9.18. The van der Waals surface area contributed by atoms with E-state index in [1.54, 1.807) is 0 Å². The van der Waals surface area contributed by atoms with Crippen LogP contribution in [0.5, 0.6) is 0 Å². The molecule has 26 heavy (non-hydrogen) atoms. The van der Waals surface area contributed by atoms with Crippen LogP contribution in [0.25, 0.3) is 10.9 Å². The van der Waals surface area contributed by atoms with E-state index in [0.29, 0.717) is 25.3 Å². The molecule has 0 aliphatic carbocycles. The summed E-state index contributed by atoms with van der Waals surface area (Å²) in [5.41, 5.74) is 5.91. The number of nitrogens with one attached hydrogen (secondary N) is 1. The van der Waals surface area contributed by atoms with Gasteiger partial charge in [0.15, 0.2) is 0 Å². The minimum atomic E-state index is -0.871. The molecule has 0 fully saturated rings. The molecule has 4 nitrogen and oxygen atoms in total. The minimum Gasteiger partial charge on any atom is -0.477 e. The van der Waals surface area contributed by atoms with Gasteiger partial charge in [0.05, 0.1) is 0 Å². The zero-order chi connectivity index (χ0) is 18.7. The van der Waals surface area contributed by atoms with E-state index >= 15 is 0 Å². The normalized spacial score (nSPS) is 11.2. The van der Waals surface area contributed by atoms with Crippen LogP contribution in [0.2, 0.25) is 0 Å². The summed E-state index contributed by atoms with van der Waals surface area (Å²) in [5.74, 6) is -0.871. The average Bonchev–Trinajstić information content (AvgIpc) is 2.95. The van der Waals surface area contributed by atoms with Crippen molar-refractivity contribution in [1.29, 1.82) is 0 Å². The molecule has 0 atom stereocenters. The standard InChI is InChI=1S/C22H26N2O2/c1-4-16-7-9-17(10-8-16)13-23-14-19-18-11-6-15(3)12-20(18)24(5-2)21(19)22(25)26/h6-12,23H,4-5,13-14H2,1-3H3,(H,25,26). The molecular weight excluding hydrogens is 324 g/mol. The van der Waals surface area contributed by atoms with Gasteiger partial charge in [0.25, 0.3) is 0 Å². The fourth-order valence-electron chi connectivity index (χ4n) is 3.51. The maximum absolute atomic E-state index is 11.9. The van der Waals surface area contributed by atoms with Gasteiger partial charge < -0.3 is 15.0 Å². The smallest absolute Gasteiger partial charge is 0.352 e. The number of carbonyl (C=O) groups is 1. The van der Waals surface area contributed by atoms with Crippen LogP contribution in [0.15, 0.2) is 42.5 Å². The molecule has 0 radical (unpaired) electrons. The summed E-state index contributed by atoms with van der Waals surface area (Å²) < 4.78 is 1.90. The van der Waals surface area contributed by atoms with Gasteiger partial charge in [-0.25, -0.2) is 4.79 Å². The number of rotatable bonds is 7. The van der Waals surface area contributed by atoms with Crippen molar-refractivity contribution >= 4 is 16.9 Å². The van der Waals surface area contributed by atoms with E-state index in [-0.39, 0.29) is 0 Å². The second-order valence-electron chi connectivity index (χ2n) is 6.67. The number of fused-ring (bicyclic) bond motifs is 1. The Morgan fingerprint density at radius 1 is 1.04 bits per heavy atom. The van der Waals surface area contributed by atoms with Gasteiger partial charge in [0.2, 0.25) is 0 Å². The van der Waals surface area contributed by atoms with Gasteiger partial charge in [-0.05, 0) is 43.0 Å². The second kappa shape index (κ2) is 7.75. The number of carboxylic acids is 1. The van der Waals surface area contributed by atoms with Crippen molar-refractivity contribution < 1.29 is 9.90 Å². The van der Waals surface area contributed by atoms with Gasteiger partial charge in [-0.1, -0.05) is 43.3 Å². The Balaban J connectivity index is 1.88. The van der Waals surface area contributed by atoms with Gasteiger partial charge >= 0.3 is 5.97 Å². The fourth-order valence-corrected chi connectivity index (χ4v) is 3.51. The highest BCUT2D eigenvalue weighted by molar-refractivity contribution is 5.98. The highest BCUT2D eigenvalue weighted by Crippen LogP contribution is 2.27. The largest absolute Gasteiger partial charge is 0.477 e. The van der Waals surface area contributed by atoms with E-state index < -0.39 is 5.97 Å². The molecule has 136 valence electrons. The molecule has 2 aromatic carbocycles. The number of aromatic carboxylic acids is 1. The van der Waals surface area contributed by atoms with Crippen LogP contribution in [-0.2, 0) is 26.1 Å². The Kier molecular flexibility index (Phi) is 5.43. The third kappa shape index (κ3) is 3.51. The van der Waals surface area contributed by atoms with Crippen molar-refractivity contribution in [2.45, 2.75) is 46.8 Å². The van der Waals surface area contributed by atoms with Crippen molar-refractivity contribution in [2.24, 2.45) is 0 Å². The zero-order valence-corrected chi connectivity index (χ0v) is 15.7. The molecule has 0 spiro atoms. The van der Waals surface area contributed by atoms with Crippen molar-refractivity contribution in [3.8, 4) is 0 Å². The number of benzene rings is 2. The van der Waals surface area contributed by atoms with Crippen LogP contribution in [0.4, 0.5) is 0 Å². The summed E-state index contributed by atoms with van der Waals surface area (Å²) in [5, 5.41) is 14.2. The van der Waals surface area contributed by atoms with Crippen LogP contribution in [-0.4, -0.2) is 15.6 Å². The quantitative estimate of drug-likeness (QED) is 0.659. The van der Waals surface area contributed by atoms with E-state index in [1.807, 2.05) is 30.5 Å². The Bertz CT molecular complexity index is 923. The molecule has 0 saturated carbocycles. The first-order valence-corrected chi connectivity index (χ1v) is 9.18. The molecule has 3 rings (SSSR count). The van der Waals surface area contributed by atoms with Crippen molar-refractivity contribution in [1.82, 2.24) is 9.88 Å². The molecular formula is C22H26N2O2. The van der Waals surface area contributed by atoms with Gasteiger partial charge in [-0.2, -0.15) is 0 Å². The molecule has 3 aromatic rings. The van der Waals surface area contributed by atoms with Crippen LogP contribution in [0.3, 0.4) is 0 Å². The Labute approximate surface area is 154 Å². The lowest BCUT2D eigenvalue weighted by Gasteiger charge is -2.08. The molecule has 0 saturated heterocycles. The maximum atomic E-state index is 11.9. The lowest BCUT2D eigenvalue weighted by Crippen LogP contribution is -2.16. The highest BCUT2D eigenvalue weighted by atomic mass is 16.4. The Hall–Kier alpha value is -2.59. The predicted octanol–water partition coefficient (Wildman–Crippen LogP) is 4.52. The molecule has 0 aliphatic heterocycles. The number of aromatic nitrogens is 1. The van der Waals surface area contributed by atoms with E-state index in [1.165, 1.54) is 11.1 Å². The summed E-state index contributed by atoms with van der Waals surface area (Å²) in [6, 6.07) is 14.7. The van der Waals surface area contributed by atoms with Crippen molar-refractivity contribution in [3.63, 3.8) is 0 Å². The third-order valence-corrected chi connectivity index (χ3v) is 4.91. The Morgan fingerprint density at radius 2 is 1.73 bits per heavy atom. The van der Waals surface area contributed by atoms with Crippen molar-refractivity contribution in [3.05, 3.63) is 70.4 Å². The van der Waals surface area contributed by atoms with E-state index in [9.17, 15) is 9.90 Å². The van der Waals surface area contributed by atoms with Crippen LogP contribution in [0.1, 0.15) is 46.6 Å². The lowest BCUT2D eigenvalue weighted by molar-refractivity contribution is 0.0684. The number of carboxylic acid groups (broad SMARTS) is 1. The number of hydrogen-bond acceptors (Lipinski definition) is 2. The highest BCUT2D eigenvalue weighted by Gasteiger charge is 2.21. The minimum absolute atomic E-state index is 0.391. The first kappa shape index (κ1) is 18.2.